The smallest absolute Gasteiger partial charge is 0.142 e. The highest BCUT2D eigenvalue weighted by atomic mass is 35.5. The molecule has 0 fully saturated rings. The molecule has 0 aliphatic heterocycles. The van der Waals surface area contributed by atoms with E-state index < -0.39 is 0 Å². The maximum absolute atomic E-state index is 8.54. The van der Waals surface area contributed by atoms with Gasteiger partial charge in [-0.25, -0.2) is 4.98 Å². The molecule has 1 rings (SSSR count). The summed E-state index contributed by atoms with van der Waals surface area (Å²) in [6.45, 7) is 1.71. The van der Waals surface area contributed by atoms with Crippen molar-refractivity contribution in [3.8, 4) is 6.07 Å². The van der Waals surface area contributed by atoms with E-state index in [1.165, 1.54) is 6.07 Å². The molecule has 0 atom stereocenters. The molecule has 0 radical (unpaired) electrons. The summed E-state index contributed by atoms with van der Waals surface area (Å²) in [6, 6.07) is 3.47. The van der Waals surface area contributed by atoms with Gasteiger partial charge in [-0.1, -0.05) is 11.6 Å². The Kier molecular flexibility index (Phi) is 1.97. The Labute approximate surface area is 69.4 Å². The summed E-state index contributed by atoms with van der Waals surface area (Å²) in [5.74, 6) is 0.267. The zero-order valence-corrected chi connectivity index (χ0v) is 6.68. The summed E-state index contributed by atoms with van der Waals surface area (Å²) in [5.41, 5.74) is 6.46. The average molecular weight is 168 g/mol. The van der Waals surface area contributed by atoms with Gasteiger partial charge in [0.25, 0.3) is 0 Å². The SMILES string of the molecule is Cc1nc(N)c(Cl)cc1C#N. The number of aryl methyl sites for hydroxylation is 1. The number of pyridine rings is 1. The predicted octanol–water partition coefficient (Wildman–Crippen LogP) is 1.50. The summed E-state index contributed by atoms with van der Waals surface area (Å²) >= 11 is 5.63. The zero-order chi connectivity index (χ0) is 8.43. The number of nitrogen functional groups attached to an aromatic ring is 1. The Bertz CT molecular complexity index is 327. The summed E-state index contributed by atoms with van der Waals surface area (Å²) in [4.78, 5) is 3.87. The molecule has 0 aromatic carbocycles. The summed E-state index contributed by atoms with van der Waals surface area (Å²) in [5, 5.41) is 8.87. The number of aromatic nitrogens is 1. The van der Waals surface area contributed by atoms with E-state index in [9.17, 15) is 0 Å². The maximum atomic E-state index is 8.54. The highest BCUT2D eigenvalue weighted by Gasteiger charge is 2.03. The molecule has 2 N–H and O–H groups in total. The third-order valence-electron chi connectivity index (χ3n) is 1.31. The van der Waals surface area contributed by atoms with Crippen LogP contribution in [-0.2, 0) is 0 Å². The molecule has 56 valence electrons. The van der Waals surface area contributed by atoms with Crippen molar-refractivity contribution in [2.45, 2.75) is 6.92 Å². The normalized spacial score (nSPS) is 9.18. The fourth-order valence-electron chi connectivity index (χ4n) is 0.713. The van der Waals surface area contributed by atoms with Crippen molar-refractivity contribution in [3.63, 3.8) is 0 Å². The molecule has 0 unspecified atom stereocenters. The second-order valence-corrected chi connectivity index (χ2v) is 2.51. The van der Waals surface area contributed by atoms with Crippen LogP contribution in [0.5, 0.6) is 0 Å². The van der Waals surface area contributed by atoms with Gasteiger partial charge >= 0.3 is 0 Å². The Morgan fingerprint density at radius 1 is 1.73 bits per heavy atom. The lowest BCUT2D eigenvalue weighted by molar-refractivity contribution is 1.19. The lowest BCUT2D eigenvalue weighted by Crippen LogP contribution is -1.95. The molecule has 11 heavy (non-hydrogen) atoms. The fraction of sp³-hybridized carbons (Fsp3) is 0.143. The van der Waals surface area contributed by atoms with Gasteiger partial charge in [0.15, 0.2) is 0 Å². The summed E-state index contributed by atoms with van der Waals surface area (Å²) in [7, 11) is 0. The van der Waals surface area contributed by atoms with Crippen LogP contribution in [-0.4, -0.2) is 4.98 Å². The number of nitrogens with zero attached hydrogens (tertiary/aromatic N) is 2. The molecule has 3 nitrogen and oxygen atoms in total. The van der Waals surface area contributed by atoms with Crippen LogP contribution in [0.3, 0.4) is 0 Å². The lowest BCUT2D eigenvalue weighted by Gasteiger charge is -1.99. The van der Waals surface area contributed by atoms with E-state index in [0.29, 0.717) is 16.3 Å². The van der Waals surface area contributed by atoms with E-state index >= 15 is 0 Å². The molecule has 4 heteroatoms. The lowest BCUT2D eigenvalue weighted by atomic mass is 10.2. The summed E-state index contributed by atoms with van der Waals surface area (Å²) < 4.78 is 0. The topological polar surface area (TPSA) is 62.7 Å². The minimum Gasteiger partial charge on any atom is -0.382 e. The second kappa shape index (κ2) is 2.77. The monoisotopic (exact) mass is 167 g/mol. The van der Waals surface area contributed by atoms with E-state index in [4.69, 9.17) is 22.6 Å². The molecule has 0 saturated carbocycles. The van der Waals surface area contributed by atoms with E-state index in [-0.39, 0.29) is 5.82 Å². The molecule has 1 aromatic rings. The van der Waals surface area contributed by atoms with Crippen molar-refractivity contribution >= 4 is 17.4 Å². The largest absolute Gasteiger partial charge is 0.382 e. The van der Waals surface area contributed by atoms with Gasteiger partial charge in [-0.3, -0.25) is 0 Å². The van der Waals surface area contributed by atoms with E-state index in [2.05, 4.69) is 4.98 Å². The highest BCUT2D eigenvalue weighted by Crippen LogP contribution is 2.18. The molecule has 0 saturated heterocycles. The van der Waals surface area contributed by atoms with Gasteiger partial charge in [0.05, 0.1) is 16.3 Å². The van der Waals surface area contributed by atoms with Crippen LogP contribution >= 0.6 is 11.6 Å². The van der Waals surface area contributed by atoms with Gasteiger partial charge in [0, 0.05) is 0 Å². The van der Waals surface area contributed by atoms with Crippen molar-refractivity contribution < 1.29 is 0 Å². The van der Waals surface area contributed by atoms with Crippen LogP contribution in [0.15, 0.2) is 6.07 Å². The quantitative estimate of drug-likeness (QED) is 0.637. The van der Waals surface area contributed by atoms with Crippen molar-refractivity contribution in [1.82, 2.24) is 4.98 Å². The van der Waals surface area contributed by atoms with Gasteiger partial charge in [-0.2, -0.15) is 5.26 Å². The molecule has 0 amide bonds. The summed E-state index contributed by atoms with van der Waals surface area (Å²) in [6.07, 6.45) is 0. The Balaban J connectivity index is 3.35. The third-order valence-corrected chi connectivity index (χ3v) is 1.62. The predicted molar refractivity (Wildman–Crippen MR) is 43.1 cm³/mol. The molecule has 0 bridgehead atoms. The number of anilines is 1. The number of nitriles is 1. The van der Waals surface area contributed by atoms with Crippen molar-refractivity contribution in [2.75, 3.05) is 5.73 Å². The molecule has 0 aliphatic rings. The fourth-order valence-corrected chi connectivity index (χ4v) is 0.864. The average Bonchev–Trinajstić information content (AvgIpc) is 1.97. The van der Waals surface area contributed by atoms with Crippen LogP contribution in [0.2, 0.25) is 5.02 Å². The van der Waals surface area contributed by atoms with Crippen LogP contribution in [0, 0.1) is 18.3 Å². The van der Waals surface area contributed by atoms with Crippen LogP contribution in [0.1, 0.15) is 11.3 Å². The number of nitrogens with two attached hydrogens (primary N) is 1. The molecule has 0 spiro atoms. The Morgan fingerprint density at radius 2 is 2.36 bits per heavy atom. The highest BCUT2D eigenvalue weighted by molar-refractivity contribution is 6.32. The maximum Gasteiger partial charge on any atom is 0.142 e. The van der Waals surface area contributed by atoms with Crippen LogP contribution in [0.25, 0.3) is 0 Å². The van der Waals surface area contributed by atoms with Crippen molar-refractivity contribution in [1.29, 1.82) is 5.26 Å². The van der Waals surface area contributed by atoms with E-state index in [1.54, 1.807) is 6.92 Å². The number of hydrogen-bond acceptors (Lipinski definition) is 3. The molecule has 0 aliphatic carbocycles. The van der Waals surface area contributed by atoms with Gasteiger partial charge in [-0.05, 0) is 13.0 Å². The molecule has 1 heterocycles. The van der Waals surface area contributed by atoms with Crippen molar-refractivity contribution in [2.24, 2.45) is 0 Å². The second-order valence-electron chi connectivity index (χ2n) is 2.10. The Morgan fingerprint density at radius 3 is 2.91 bits per heavy atom. The standard InChI is InChI=1S/C7H6ClN3/c1-4-5(3-9)2-6(8)7(10)11-4/h2H,1H3,(H2,10,11). The van der Waals surface area contributed by atoms with E-state index in [1.807, 2.05) is 6.07 Å². The van der Waals surface area contributed by atoms with Crippen molar-refractivity contribution in [3.05, 3.63) is 22.3 Å². The minimum absolute atomic E-state index is 0.267. The first-order valence-electron chi connectivity index (χ1n) is 2.98. The van der Waals surface area contributed by atoms with Gasteiger partial charge in [-0.15, -0.1) is 0 Å². The molecular weight excluding hydrogens is 162 g/mol. The first-order chi connectivity index (χ1) is 5.15. The van der Waals surface area contributed by atoms with Crippen LogP contribution in [0.4, 0.5) is 5.82 Å². The molecular formula is C7H6ClN3. The number of halogens is 1. The third kappa shape index (κ3) is 1.41. The minimum atomic E-state index is 0.267. The molecule has 1 aromatic heterocycles. The number of rotatable bonds is 0. The van der Waals surface area contributed by atoms with Gasteiger partial charge in [0.2, 0.25) is 0 Å². The van der Waals surface area contributed by atoms with Crippen LogP contribution < -0.4 is 5.73 Å². The zero-order valence-electron chi connectivity index (χ0n) is 5.93. The first-order valence-corrected chi connectivity index (χ1v) is 3.35. The van der Waals surface area contributed by atoms with Gasteiger partial charge in [0.1, 0.15) is 11.9 Å². The Hall–Kier alpha value is -1.27. The first kappa shape index (κ1) is 7.83. The van der Waals surface area contributed by atoms with E-state index in [0.717, 1.165) is 0 Å². The van der Waals surface area contributed by atoms with Gasteiger partial charge < -0.3 is 5.73 Å². The number of hydrogen-bond donors (Lipinski definition) is 1.